The zero-order valence-corrected chi connectivity index (χ0v) is 49.3. The Hall–Kier alpha value is -11.8. The van der Waals surface area contributed by atoms with Crippen LogP contribution in [0.4, 0.5) is 52.4 Å². The predicted octanol–water partition coefficient (Wildman–Crippen LogP) is 14.6. The minimum atomic E-state index is 0.468. The zero-order chi connectivity index (χ0) is 60.6. The van der Waals surface area contributed by atoms with E-state index in [1.807, 2.05) is 104 Å². The molecule has 3 aromatic carbocycles. The summed E-state index contributed by atoms with van der Waals surface area (Å²) in [4.78, 5) is 54.6. The smallest absolute Gasteiger partial charge is 0.223 e. The number of fused-ring (bicyclic) bond motifs is 15. The van der Waals surface area contributed by atoms with Gasteiger partial charge in [-0.1, -0.05) is 73.9 Å². The highest BCUT2D eigenvalue weighted by Crippen LogP contribution is 2.45. The Morgan fingerprint density at radius 2 is 0.822 bits per heavy atom. The normalized spacial score (nSPS) is 12.6. The van der Waals surface area contributed by atoms with E-state index < -0.39 is 0 Å². The summed E-state index contributed by atoms with van der Waals surface area (Å²) in [5.74, 6) is 5.54. The number of hydrogen-bond acceptors (Lipinski definition) is 20. The van der Waals surface area contributed by atoms with E-state index in [4.69, 9.17) is 24.4 Å². The number of benzene rings is 3. The van der Waals surface area contributed by atoms with E-state index in [1.165, 1.54) is 43.2 Å². The maximum absolute atomic E-state index is 5.35. The molecule has 12 aromatic rings. The molecule has 442 valence electrons. The number of hydrogen-bond donors (Lipinski definition) is 6. The molecule has 6 N–H and O–H groups in total. The second-order valence-corrected chi connectivity index (χ2v) is 21.7. The van der Waals surface area contributed by atoms with Crippen molar-refractivity contribution in [3.05, 3.63) is 213 Å². The molecule has 9 aromatic heterocycles. The van der Waals surface area contributed by atoms with Crippen LogP contribution in [0.5, 0.6) is 11.5 Å². The highest BCUT2D eigenvalue weighted by Gasteiger charge is 2.26. The number of nitrogens with one attached hydrogen (secondary N) is 6. The van der Waals surface area contributed by atoms with Gasteiger partial charge in [0, 0.05) is 131 Å². The van der Waals surface area contributed by atoms with Crippen molar-refractivity contribution in [2.45, 2.75) is 51.2 Å². The second kappa shape index (κ2) is 25.6. The van der Waals surface area contributed by atoms with Gasteiger partial charge >= 0.3 is 0 Å². The minimum absolute atomic E-state index is 0.468. The third-order valence-corrected chi connectivity index (χ3v) is 16.0. The molecule has 1 saturated carbocycles. The Balaban J connectivity index is 0.000000119. The van der Waals surface area contributed by atoms with E-state index in [0.29, 0.717) is 37.0 Å². The summed E-state index contributed by atoms with van der Waals surface area (Å²) in [5.41, 5.74) is 18.5. The van der Waals surface area contributed by atoms with Crippen molar-refractivity contribution in [3.8, 4) is 89.8 Å². The lowest BCUT2D eigenvalue weighted by atomic mass is 9.96. The lowest BCUT2D eigenvalue weighted by Crippen LogP contribution is -2.23. The minimum Gasteiger partial charge on any atom is -0.497 e. The van der Waals surface area contributed by atoms with Crippen LogP contribution in [0.25, 0.3) is 78.3 Å². The highest BCUT2D eigenvalue weighted by atomic mass is 16.5. The average Bonchev–Trinajstić information content (AvgIpc) is 1.78. The SMILES string of the molecule is COc1cc(CNc2ncc3c(n2)-c2cccnc2Nc2cnccc2-3)cc(OC)c1.c1ccc(-c2ccc(CNc3ncc4c(n3)-c3cccnc3Nc3cnccc3-4)cc2)cc1.c1cnc2c(c1)-c1nc(NC3CCCCC3)ncc1-c1ccncc1N2. The highest BCUT2D eigenvalue weighted by molar-refractivity contribution is 5.98. The fraction of sp³-hybridized carbons (Fsp3) is 0.143. The fourth-order valence-corrected chi connectivity index (χ4v) is 11.5. The molecule has 0 atom stereocenters. The summed E-state index contributed by atoms with van der Waals surface area (Å²) in [6.45, 7) is 1.15. The molecule has 20 heteroatoms. The van der Waals surface area contributed by atoms with Crippen LogP contribution in [0.2, 0.25) is 0 Å². The molecule has 4 aliphatic rings. The van der Waals surface area contributed by atoms with Gasteiger partial charge in [-0.25, -0.2) is 44.9 Å². The maximum atomic E-state index is 5.35. The van der Waals surface area contributed by atoms with Gasteiger partial charge in [0.2, 0.25) is 17.8 Å². The molecule has 1 fully saturated rings. The van der Waals surface area contributed by atoms with Gasteiger partial charge in [-0.2, -0.15) is 0 Å². The molecule has 0 unspecified atom stereocenters. The first kappa shape index (κ1) is 56.0. The number of nitrogens with zero attached hydrogens (tertiary/aromatic N) is 12. The average molecular weight is 1190 g/mol. The van der Waals surface area contributed by atoms with Crippen molar-refractivity contribution in [1.29, 1.82) is 0 Å². The Bertz CT molecular complexity index is 4530. The van der Waals surface area contributed by atoms with Gasteiger partial charge in [0.25, 0.3) is 0 Å². The van der Waals surface area contributed by atoms with Crippen LogP contribution < -0.4 is 41.4 Å². The number of aromatic nitrogens is 12. The Kier molecular flexibility index (Phi) is 16.0. The van der Waals surface area contributed by atoms with E-state index in [2.05, 4.69) is 125 Å². The van der Waals surface area contributed by atoms with Crippen LogP contribution in [-0.2, 0) is 13.1 Å². The van der Waals surface area contributed by atoms with Crippen LogP contribution in [0.15, 0.2) is 202 Å². The van der Waals surface area contributed by atoms with E-state index in [9.17, 15) is 0 Å². The molecule has 0 spiro atoms. The second-order valence-electron chi connectivity index (χ2n) is 21.7. The number of rotatable bonds is 11. The fourth-order valence-electron chi connectivity index (χ4n) is 11.5. The van der Waals surface area contributed by atoms with Crippen LogP contribution in [0.3, 0.4) is 0 Å². The molecular formula is C70H60N18O2. The first-order chi connectivity index (χ1) is 44.5. The molecular weight excluding hydrogens is 1120 g/mol. The van der Waals surface area contributed by atoms with Gasteiger partial charge in [-0.05, 0) is 102 Å². The molecule has 16 rings (SSSR count). The van der Waals surface area contributed by atoms with E-state index in [-0.39, 0.29) is 0 Å². The summed E-state index contributed by atoms with van der Waals surface area (Å²) in [6, 6.07) is 42.9. The third kappa shape index (κ3) is 12.0. The third-order valence-electron chi connectivity index (χ3n) is 16.0. The van der Waals surface area contributed by atoms with E-state index in [0.717, 1.165) is 124 Å². The van der Waals surface area contributed by atoms with Gasteiger partial charge in [0.1, 0.15) is 29.0 Å². The van der Waals surface area contributed by atoms with Crippen LogP contribution in [0, 0.1) is 0 Å². The standard InChI is InChI=1S/C27H20N6.C23H20N6O2.C20H20N6/c1-2-5-19(6-3-1)20-10-8-18(9-11-20)15-30-27-31-16-23-21-12-14-28-17-24(21)32-26-22(25(23)33-27)7-4-13-29-26;1-30-15-8-14(9-16(10-15)31-2)11-26-23-27-12-19-17-5-7-24-13-20(17)28-22-18(21(19)29-23)4-3-6-25-22;1-2-5-13(6-3-1)24-20-23-11-16-14-8-10-21-12-17(14)25-19-15(18(16)26-20)7-4-9-22-19/h1-14,16-17H,15H2,(H,29,32)(H,30,31,33);3-10,12-13H,11H2,1-2H3,(H,25,28)(H,26,27,29);4,7-13H,1-3,5-6H2,(H,22,25)(H,23,24,26). The summed E-state index contributed by atoms with van der Waals surface area (Å²) in [5, 5.41) is 20.3. The summed E-state index contributed by atoms with van der Waals surface area (Å²) in [6.07, 6.45) is 27.9. The van der Waals surface area contributed by atoms with Crippen LogP contribution >= 0.6 is 0 Å². The summed E-state index contributed by atoms with van der Waals surface area (Å²) in [7, 11) is 3.27. The number of methoxy groups -OCH3 is 2. The zero-order valence-electron chi connectivity index (χ0n) is 49.3. The predicted molar refractivity (Wildman–Crippen MR) is 352 cm³/mol. The van der Waals surface area contributed by atoms with Crippen molar-refractivity contribution < 1.29 is 9.47 Å². The molecule has 1 aliphatic carbocycles. The quantitative estimate of drug-likeness (QED) is 0.0705. The van der Waals surface area contributed by atoms with E-state index >= 15 is 0 Å². The Morgan fingerprint density at radius 1 is 0.389 bits per heavy atom. The Morgan fingerprint density at radius 3 is 1.29 bits per heavy atom. The molecule has 12 heterocycles. The maximum Gasteiger partial charge on any atom is 0.223 e. The lowest BCUT2D eigenvalue weighted by molar-refractivity contribution is 0.393. The molecule has 0 bridgehead atoms. The molecule has 3 aliphatic heterocycles. The topological polar surface area (TPSA) is 245 Å². The van der Waals surface area contributed by atoms with Crippen LogP contribution in [0.1, 0.15) is 43.2 Å². The first-order valence-corrected chi connectivity index (χ1v) is 29.7. The Labute approximate surface area is 519 Å². The summed E-state index contributed by atoms with van der Waals surface area (Å²) < 4.78 is 10.7. The van der Waals surface area contributed by atoms with Crippen molar-refractivity contribution in [1.82, 2.24) is 59.8 Å². The van der Waals surface area contributed by atoms with Crippen LogP contribution in [-0.4, -0.2) is 80.1 Å². The molecule has 0 radical (unpaired) electrons. The van der Waals surface area contributed by atoms with Crippen molar-refractivity contribution >= 4 is 52.4 Å². The number of ether oxygens (including phenoxy) is 2. The first-order valence-electron chi connectivity index (χ1n) is 29.7. The van der Waals surface area contributed by atoms with Crippen molar-refractivity contribution in [3.63, 3.8) is 0 Å². The largest absolute Gasteiger partial charge is 0.497 e. The number of anilines is 9. The van der Waals surface area contributed by atoms with Gasteiger partial charge in [0.05, 0.1) is 67.0 Å². The van der Waals surface area contributed by atoms with Crippen molar-refractivity contribution in [2.24, 2.45) is 0 Å². The van der Waals surface area contributed by atoms with Crippen molar-refractivity contribution in [2.75, 3.05) is 46.1 Å². The van der Waals surface area contributed by atoms with Gasteiger partial charge in [-0.15, -0.1) is 0 Å². The molecule has 0 amide bonds. The number of pyridine rings is 6. The van der Waals surface area contributed by atoms with Gasteiger partial charge in [-0.3, -0.25) is 15.0 Å². The monoisotopic (exact) mass is 1180 g/mol. The molecule has 0 saturated heterocycles. The van der Waals surface area contributed by atoms with Gasteiger partial charge in [0.15, 0.2) is 0 Å². The molecule has 20 nitrogen and oxygen atoms in total. The van der Waals surface area contributed by atoms with E-state index in [1.54, 1.807) is 63.8 Å². The van der Waals surface area contributed by atoms with Gasteiger partial charge < -0.3 is 41.4 Å². The lowest BCUT2D eigenvalue weighted by Gasteiger charge is -2.23. The molecule has 90 heavy (non-hydrogen) atoms. The summed E-state index contributed by atoms with van der Waals surface area (Å²) >= 11 is 0.